The molecule has 0 bridgehead atoms. The first kappa shape index (κ1) is 10.4. The smallest absolute Gasteiger partial charge is 0.239 e. The summed E-state index contributed by atoms with van der Waals surface area (Å²) in [5, 5.41) is 11.4. The molecule has 1 heterocycles. The van der Waals surface area contributed by atoms with Gasteiger partial charge in [-0.3, -0.25) is 4.79 Å². The second-order valence-corrected chi connectivity index (χ2v) is 3.18. The van der Waals surface area contributed by atoms with Crippen molar-refractivity contribution < 1.29 is 14.6 Å². The summed E-state index contributed by atoms with van der Waals surface area (Å²) in [5.41, 5.74) is 5.34. The lowest BCUT2D eigenvalue weighted by Crippen LogP contribution is -2.48. The van der Waals surface area contributed by atoms with Gasteiger partial charge in [0.2, 0.25) is 5.91 Å². The Labute approximate surface area is 77.2 Å². The molecule has 1 aliphatic rings. The van der Waals surface area contributed by atoms with Crippen LogP contribution in [0.1, 0.15) is 12.8 Å². The molecule has 0 unspecified atom stereocenters. The molecule has 0 radical (unpaired) electrons. The summed E-state index contributed by atoms with van der Waals surface area (Å²) in [6.07, 6.45) is 1.65. The normalized spacial score (nSPS) is 21.1. The average Bonchev–Trinajstić information content (AvgIpc) is 2.18. The van der Waals surface area contributed by atoms with Gasteiger partial charge >= 0.3 is 0 Å². The van der Waals surface area contributed by atoms with E-state index in [2.05, 4.69) is 5.32 Å². The molecule has 76 valence electrons. The molecule has 0 aromatic rings. The van der Waals surface area contributed by atoms with E-state index in [1.165, 1.54) is 0 Å². The lowest BCUT2D eigenvalue weighted by Gasteiger charge is -2.24. The van der Waals surface area contributed by atoms with E-state index in [9.17, 15) is 4.79 Å². The van der Waals surface area contributed by atoms with Crippen molar-refractivity contribution in [2.75, 3.05) is 19.8 Å². The zero-order chi connectivity index (χ0) is 9.68. The number of aliphatic hydroxyl groups excluding tert-OH is 1. The van der Waals surface area contributed by atoms with E-state index in [0.717, 1.165) is 12.8 Å². The van der Waals surface area contributed by atoms with Crippen LogP contribution in [0.3, 0.4) is 0 Å². The molecule has 5 heteroatoms. The number of ether oxygens (including phenoxy) is 1. The molecule has 1 aliphatic heterocycles. The van der Waals surface area contributed by atoms with Crippen LogP contribution >= 0.6 is 0 Å². The van der Waals surface area contributed by atoms with Crippen molar-refractivity contribution in [2.24, 2.45) is 5.73 Å². The highest BCUT2D eigenvalue weighted by Crippen LogP contribution is 2.05. The van der Waals surface area contributed by atoms with Gasteiger partial charge in [0.1, 0.15) is 6.04 Å². The third kappa shape index (κ3) is 3.30. The molecule has 0 aliphatic carbocycles. The summed E-state index contributed by atoms with van der Waals surface area (Å²) < 4.78 is 5.14. The SMILES string of the molecule is N[C@H](CO)C(=O)NC1CCOCC1. The highest BCUT2D eigenvalue weighted by atomic mass is 16.5. The van der Waals surface area contributed by atoms with Crippen molar-refractivity contribution >= 4 is 5.91 Å². The molecule has 1 rings (SSSR count). The van der Waals surface area contributed by atoms with Crippen molar-refractivity contribution in [1.82, 2.24) is 5.32 Å². The van der Waals surface area contributed by atoms with Gasteiger partial charge in [0, 0.05) is 19.3 Å². The third-order valence-corrected chi connectivity index (χ3v) is 2.10. The molecule has 0 spiro atoms. The predicted molar refractivity (Wildman–Crippen MR) is 47.0 cm³/mol. The number of hydrogen-bond donors (Lipinski definition) is 3. The van der Waals surface area contributed by atoms with Gasteiger partial charge in [0.15, 0.2) is 0 Å². The molecule has 5 nitrogen and oxygen atoms in total. The summed E-state index contributed by atoms with van der Waals surface area (Å²) in [5.74, 6) is -0.283. The first-order chi connectivity index (χ1) is 6.24. The Morgan fingerprint density at radius 2 is 2.23 bits per heavy atom. The van der Waals surface area contributed by atoms with Gasteiger partial charge in [-0.2, -0.15) is 0 Å². The van der Waals surface area contributed by atoms with Crippen LogP contribution < -0.4 is 11.1 Å². The molecule has 0 aromatic heterocycles. The maximum atomic E-state index is 11.2. The fraction of sp³-hybridized carbons (Fsp3) is 0.875. The van der Waals surface area contributed by atoms with E-state index in [4.69, 9.17) is 15.6 Å². The fourth-order valence-corrected chi connectivity index (χ4v) is 1.23. The number of hydrogen-bond acceptors (Lipinski definition) is 4. The monoisotopic (exact) mass is 188 g/mol. The lowest BCUT2D eigenvalue weighted by molar-refractivity contribution is -0.124. The predicted octanol–water partition coefficient (Wildman–Crippen LogP) is -1.40. The van der Waals surface area contributed by atoms with Gasteiger partial charge in [-0.25, -0.2) is 0 Å². The standard InChI is InChI=1S/C8H16N2O3/c9-7(5-11)8(12)10-6-1-3-13-4-2-6/h6-7,11H,1-5,9H2,(H,10,12)/t7-/m1/s1. The second-order valence-electron chi connectivity index (χ2n) is 3.18. The van der Waals surface area contributed by atoms with Crippen LogP contribution in [0.2, 0.25) is 0 Å². The minimum atomic E-state index is -0.803. The van der Waals surface area contributed by atoms with Crippen LogP contribution in [0.5, 0.6) is 0 Å². The number of amides is 1. The summed E-state index contributed by atoms with van der Waals surface area (Å²) in [4.78, 5) is 11.2. The maximum absolute atomic E-state index is 11.2. The number of carbonyl (C=O) groups is 1. The lowest BCUT2D eigenvalue weighted by atomic mass is 10.1. The number of nitrogens with two attached hydrogens (primary N) is 1. The topological polar surface area (TPSA) is 84.6 Å². The third-order valence-electron chi connectivity index (χ3n) is 2.10. The minimum absolute atomic E-state index is 0.152. The molecule has 1 amide bonds. The van der Waals surface area contributed by atoms with Gasteiger partial charge in [-0.15, -0.1) is 0 Å². The number of aliphatic hydroxyl groups is 1. The molecule has 0 aromatic carbocycles. The Morgan fingerprint density at radius 1 is 1.62 bits per heavy atom. The Kier molecular flexibility index (Phi) is 4.14. The van der Waals surface area contributed by atoms with Gasteiger partial charge in [-0.1, -0.05) is 0 Å². The summed E-state index contributed by atoms with van der Waals surface area (Å²) in [7, 11) is 0. The molecule has 1 fully saturated rings. The van der Waals surface area contributed by atoms with Crippen LogP contribution in [0.4, 0.5) is 0 Å². The van der Waals surface area contributed by atoms with Gasteiger partial charge < -0.3 is 20.9 Å². The van der Waals surface area contributed by atoms with Gasteiger partial charge in [0.25, 0.3) is 0 Å². The molecule has 4 N–H and O–H groups in total. The van der Waals surface area contributed by atoms with Crippen LogP contribution in [0.25, 0.3) is 0 Å². The van der Waals surface area contributed by atoms with Crippen molar-refractivity contribution in [3.05, 3.63) is 0 Å². The quantitative estimate of drug-likeness (QED) is 0.508. The number of nitrogens with one attached hydrogen (secondary N) is 1. The van der Waals surface area contributed by atoms with Crippen LogP contribution in [0.15, 0.2) is 0 Å². The van der Waals surface area contributed by atoms with Crippen LogP contribution in [0, 0.1) is 0 Å². The number of rotatable bonds is 3. The first-order valence-electron chi connectivity index (χ1n) is 4.48. The van der Waals surface area contributed by atoms with E-state index in [1.807, 2.05) is 0 Å². The number of carbonyl (C=O) groups excluding carboxylic acids is 1. The Morgan fingerprint density at radius 3 is 2.77 bits per heavy atom. The van der Waals surface area contributed by atoms with E-state index >= 15 is 0 Å². The highest BCUT2D eigenvalue weighted by Gasteiger charge is 2.19. The Hall–Kier alpha value is -0.650. The van der Waals surface area contributed by atoms with E-state index in [1.54, 1.807) is 0 Å². The average molecular weight is 188 g/mol. The fourth-order valence-electron chi connectivity index (χ4n) is 1.23. The van der Waals surface area contributed by atoms with Crippen molar-refractivity contribution in [3.8, 4) is 0 Å². The first-order valence-corrected chi connectivity index (χ1v) is 4.48. The molecule has 1 atom stereocenters. The summed E-state index contributed by atoms with van der Waals surface area (Å²) in [6.45, 7) is 1.05. The molecule has 1 saturated heterocycles. The zero-order valence-electron chi connectivity index (χ0n) is 7.53. The Balaban J connectivity index is 2.26. The molecular formula is C8H16N2O3. The van der Waals surface area contributed by atoms with E-state index in [-0.39, 0.29) is 18.6 Å². The van der Waals surface area contributed by atoms with Crippen LogP contribution in [-0.4, -0.2) is 42.9 Å². The second kappa shape index (κ2) is 5.16. The molecule has 0 saturated carbocycles. The van der Waals surface area contributed by atoms with Gasteiger partial charge in [0.05, 0.1) is 6.61 Å². The maximum Gasteiger partial charge on any atom is 0.239 e. The molecule has 13 heavy (non-hydrogen) atoms. The highest BCUT2D eigenvalue weighted by molar-refractivity contribution is 5.81. The van der Waals surface area contributed by atoms with Gasteiger partial charge in [-0.05, 0) is 12.8 Å². The van der Waals surface area contributed by atoms with Crippen molar-refractivity contribution in [1.29, 1.82) is 0 Å². The van der Waals surface area contributed by atoms with Crippen molar-refractivity contribution in [2.45, 2.75) is 24.9 Å². The summed E-state index contributed by atoms with van der Waals surface area (Å²) in [6, 6.07) is -0.651. The molecular weight excluding hydrogens is 172 g/mol. The minimum Gasteiger partial charge on any atom is -0.394 e. The van der Waals surface area contributed by atoms with Crippen LogP contribution in [-0.2, 0) is 9.53 Å². The largest absolute Gasteiger partial charge is 0.394 e. The summed E-state index contributed by atoms with van der Waals surface area (Å²) >= 11 is 0. The zero-order valence-corrected chi connectivity index (χ0v) is 7.53. The van der Waals surface area contributed by atoms with E-state index in [0.29, 0.717) is 13.2 Å². The Bertz CT molecular complexity index is 169. The van der Waals surface area contributed by atoms with Crippen molar-refractivity contribution in [3.63, 3.8) is 0 Å². The van der Waals surface area contributed by atoms with E-state index < -0.39 is 6.04 Å².